The van der Waals surface area contributed by atoms with Gasteiger partial charge in [0, 0.05) is 5.57 Å². The van der Waals surface area contributed by atoms with Crippen LogP contribution in [0, 0.1) is 16.0 Å². The van der Waals surface area contributed by atoms with Crippen LogP contribution in [0.3, 0.4) is 0 Å². The predicted molar refractivity (Wildman–Crippen MR) is 56.0 cm³/mol. The van der Waals surface area contributed by atoms with Crippen LogP contribution in [-0.4, -0.2) is 16.0 Å². The summed E-state index contributed by atoms with van der Waals surface area (Å²) in [6.45, 7) is 4.00. The topological polar surface area (TPSA) is 80.4 Å². The molecule has 0 fully saturated rings. The number of nitrogens with zero attached hydrogens (tertiary/aromatic N) is 1. The van der Waals surface area contributed by atoms with E-state index in [4.69, 9.17) is 5.11 Å². The van der Waals surface area contributed by atoms with Gasteiger partial charge in [0.25, 0.3) is 0 Å². The summed E-state index contributed by atoms with van der Waals surface area (Å²) >= 11 is 0. The van der Waals surface area contributed by atoms with Gasteiger partial charge in [-0.05, 0) is 12.3 Å². The molecule has 0 aliphatic rings. The lowest BCUT2D eigenvalue weighted by Crippen LogP contribution is -2.04. The number of hydrogen-bond donors (Lipinski definition) is 1. The van der Waals surface area contributed by atoms with Gasteiger partial charge in [0.1, 0.15) is 0 Å². The molecule has 1 atom stereocenters. The quantitative estimate of drug-likeness (QED) is 0.522. The molecule has 15 heavy (non-hydrogen) atoms. The van der Waals surface area contributed by atoms with Crippen molar-refractivity contribution < 1.29 is 14.8 Å². The van der Waals surface area contributed by atoms with Crippen LogP contribution in [0.15, 0.2) is 11.8 Å². The van der Waals surface area contributed by atoms with E-state index in [2.05, 4.69) is 0 Å². The normalized spacial score (nSPS) is 13.6. The average Bonchev–Trinajstić information content (AvgIpc) is 2.00. The molecular formula is C10H17NO4. The molecule has 1 unspecified atom stereocenters. The molecule has 5 nitrogen and oxygen atoms in total. The summed E-state index contributed by atoms with van der Waals surface area (Å²) in [5.74, 6) is -0.729. The molecule has 0 heterocycles. The van der Waals surface area contributed by atoms with Gasteiger partial charge in [-0.15, -0.1) is 0 Å². The summed E-state index contributed by atoms with van der Waals surface area (Å²) < 4.78 is 0. The number of carboxylic acids is 1. The van der Waals surface area contributed by atoms with Crippen molar-refractivity contribution in [1.82, 2.24) is 0 Å². The van der Waals surface area contributed by atoms with Crippen molar-refractivity contribution >= 4 is 5.97 Å². The number of carbonyl (C=O) groups is 1. The SMILES string of the molecule is CCCC(C)CC(=C[N+](=O)[O-])CC(=O)O. The highest BCUT2D eigenvalue weighted by atomic mass is 16.6. The van der Waals surface area contributed by atoms with Crippen molar-refractivity contribution in [2.24, 2.45) is 5.92 Å². The summed E-state index contributed by atoms with van der Waals surface area (Å²) in [7, 11) is 0. The second kappa shape index (κ2) is 6.98. The second-order valence-electron chi connectivity index (χ2n) is 3.74. The van der Waals surface area contributed by atoms with Gasteiger partial charge in [-0.1, -0.05) is 26.7 Å². The fraction of sp³-hybridized carbons (Fsp3) is 0.700. The third kappa shape index (κ3) is 7.66. The number of nitro groups is 1. The Morgan fingerprint density at radius 1 is 1.60 bits per heavy atom. The van der Waals surface area contributed by atoms with Crippen molar-refractivity contribution in [2.45, 2.75) is 39.5 Å². The summed E-state index contributed by atoms with van der Waals surface area (Å²) in [5.41, 5.74) is 0.383. The smallest absolute Gasteiger partial charge is 0.307 e. The largest absolute Gasteiger partial charge is 0.481 e. The molecule has 0 aromatic heterocycles. The molecule has 0 amide bonds. The van der Waals surface area contributed by atoms with Gasteiger partial charge < -0.3 is 5.11 Å². The average molecular weight is 215 g/mol. The van der Waals surface area contributed by atoms with Crippen molar-refractivity contribution in [3.05, 3.63) is 21.9 Å². The Kier molecular flexibility index (Phi) is 6.33. The number of aliphatic carboxylic acids is 1. The molecule has 1 N–H and O–H groups in total. The molecule has 0 aliphatic heterocycles. The molecule has 0 aromatic carbocycles. The lowest BCUT2D eigenvalue weighted by Gasteiger charge is -2.09. The Bertz CT molecular complexity index is 260. The maximum Gasteiger partial charge on any atom is 0.307 e. The highest BCUT2D eigenvalue weighted by Crippen LogP contribution is 2.18. The zero-order chi connectivity index (χ0) is 11.8. The molecule has 0 spiro atoms. The van der Waals surface area contributed by atoms with Gasteiger partial charge in [-0.2, -0.15) is 0 Å². The van der Waals surface area contributed by atoms with Crippen LogP contribution in [0.5, 0.6) is 0 Å². The van der Waals surface area contributed by atoms with Gasteiger partial charge in [0.15, 0.2) is 0 Å². The van der Waals surface area contributed by atoms with E-state index in [-0.39, 0.29) is 6.42 Å². The predicted octanol–water partition coefficient (Wildman–Crippen LogP) is 2.45. The van der Waals surface area contributed by atoms with E-state index in [1.54, 1.807) is 0 Å². The molecule has 0 rings (SSSR count). The van der Waals surface area contributed by atoms with Gasteiger partial charge in [-0.3, -0.25) is 14.9 Å². The molecule has 0 saturated heterocycles. The number of carboxylic acid groups (broad SMARTS) is 1. The first-order valence-corrected chi connectivity index (χ1v) is 5.00. The van der Waals surface area contributed by atoms with Crippen molar-refractivity contribution in [3.8, 4) is 0 Å². The second-order valence-corrected chi connectivity index (χ2v) is 3.74. The van der Waals surface area contributed by atoms with E-state index in [1.807, 2.05) is 13.8 Å². The van der Waals surface area contributed by atoms with Crippen LogP contribution in [0.2, 0.25) is 0 Å². The van der Waals surface area contributed by atoms with E-state index in [0.717, 1.165) is 19.0 Å². The monoisotopic (exact) mass is 215 g/mol. The van der Waals surface area contributed by atoms with Gasteiger partial charge in [0.2, 0.25) is 6.20 Å². The molecular weight excluding hydrogens is 198 g/mol. The molecule has 5 heteroatoms. The van der Waals surface area contributed by atoms with E-state index in [9.17, 15) is 14.9 Å². The minimum absolute atomic E-state index is 0.241. The van der Waals surface area contributed by atoms with Crippen LogP contribution in [-0.2, 0) is 4.79 Å². The van der Waals surface area contributed by atoms with Crippen LogP contribution >= 0.6 is 0 Å². The lowest BCUT2D eigenvalue weighted by atomic mass is 9.96. The van der Waals surface area contributed by atoms with Gasteiger partial charge >= 0.3 is 5.97 Å². The first-order valence-electron chi connectivity index (χ1n) is 5.00. The molecule has 0 radical (unpaired) electrons. The maximum absolute atomic E-state index is 10.5. The first kappa shape index (κ1) is 13.6. The Hall–Kier alpha value is -1.39. The van der Waals surface area contributed by atoms with E-state index in [0.29, 0.717) is 17.9 Å². The van der Waals surface area contributed by atoms with Gasteiger partial charge in [-0.25, -0.2) is 0 Å². The van der Waals surface area contributed by atoms with Crippen LogP contribution < -0.4 is 0 Å². The lowest BCUT2D eigenvalue weighted by molar-refractivity contribution is -0.403. The third-order valence-electron chi connectivity index (χ3n) is 2.06. The van der Waals surface area contributed by atoms with Crippen LogP contribution in [0.4, 0.5) is 0 Å². The number of rotatable bonds is 7. The first-order chi connectivity index (χ1) is 6.95. The Morgan fingerprint density at radius 3 is 2.60 bits per heavy atom. The van der Waals surface area contributed by atoms with Crippen LogP contribution in [0.25, 0.3) is 0 Å². The zero-order valence-corrected chi connectivity index (χ0v) is 9.10. The summed E-state index contributed by atoms with van der Waals surface area (Å²) in [6.07, 6.45) is 3.02. The molecule has 0 bridgehead atoms. The van der Waals surface area contributed by atoms with Crippen molar-refractivity contribution in [1.29, 1.82) is 0 Å². The fourth-order valence-electron chi connectivity index (χ4n) is 1.56. The zero-order valence-electron chi connectivity index (χ0n) is 9.10. The fourth-order valence-corrected chi connectivity index (χ4v) is 1.56. The Balaban J connectivity index is 4.37. The van der Waals surface area contributed by atoms with E-state index >= 15 is 0 Å². The highest BCUT2D eigenvalue weighted by molar-refractivity contribution is 5.69. The summed E-state index contributed by atoms with van der Waals surface area (Å²) in [6, 6.07) is 0. The Morgan fingerprint density at radius 2 is 2.20 bits per heavy atom. The minimum atomic E-state index is -1.02. The van der Waals surface area contributed by atoms with E-state index < -0.39 is 10.9 Å². The molecule has 0 saturated carbocycles. The standard InChI is InChI=1S/C10H17NO4/c1-3-4-8(2)5-9(6-10(12)13)7-11(14)15/h7-8H,3-6H2,1-2H3,(H,12,13). The van der Waals surface area contributed by atoms with E-state index in [1.165, 1.54) is 0 Å². The van der Waals surface area contributed by atoms with Gasteiger partial charge in [0.05, 0.1) is 11.3 Å². The summed E-state index contributed by atoms with van der Waals surface area (Å²) in [4.78, 5) is 20.1. The molecule has 86 valence electrons. The van der Waals surface area contributed by atoms with Crippen molar-refractivity contribution in [3.63, 3.8) is 0 Å². The maximum atomic E-state index is 10.5. The third-order valence-corrected chi connectivity index (χ3v) is 2.06. The highest BCUT2D eigenvalue weighted by Gasteiger charge is 2.12. The van der Waals surface area contributed by atoms with Crippen molar-refractivity contribution in [2.75, 3.05) is 0 Å². The molecule has 0 aromatic rings. The Labute approximate surface area is 88.9 Å². The molecule has 0 aliphatic carbocycles. The summed E-state index contributed by atoms with van der Waals surface area (Å²) in [5, 5.41) is 18.8. The number of hydrogen-bond acceptors (Lipinski definition) is 3. The minimum Gasteiger partial charge on any atom is -0.481 e. The van der Waals surface area contributed by atoms with Crippen LogP contribution in [0.1, 0.15) is 39.5 Å².